The molecule has 0 atom stereocenters. The number of hydrogen-bond acceptors (Lipinski definition) is 2. The number of carbonyl (C=O) groups is 1. The molecule has 7 heteroatoms. The number of amides is 1. The van der Waals surface area contributed by atoms with Crippen molar-refractivity contribution < 1.29 is 9.18 Å². The summed E-state index contributed by atoms with van der Waals surface area (Å²) in [6, 6.07) is 12.3. The molecule has 3 nitrogen and oxygen atoms in total. The van der Waals surface area contributed by atoms with Crippen LogP contribution in [-0.4, -0.2) is 17.4 Å². The number of terminal acetylenes is 1. The maximum atomic E-state index is 12.6. The highest BCUT2D eigenvalue weighted by molar-refractivity contribution is 6.36. The van der Waals surface area contributed by atoms with E-state index in [1.165, 1.54) is 36.2 Å². The van der Waals surface area contributed by atoms with E-state index in [0.29, 0.717) is 15.8 Å². The Morgan fingerprint density at radius 3 is 2.31 bits per heavy atom. The Labute approximate surface area is 225 Å². The number of benzene rings is 2. The Bertz CT molecular complexity index is 1060. The monoisotopic (exact) mass is 538 g/mol. The summed E-state index contributed by atoms with van der Waals surface area (Å²) in [6.07, 6.45) is 8.27. The molecule has 1 N–H and O–H groups in total. The van der Waals surface area contributed by atoms with Gasteiger partial charge in [-0.25, -0.2) is 4.39 Å². The molecule has 0 spiro atoms. The van der Waals surface area contributed by atoms with Gasteiger partial charge in [-0.15, -0.1) is 6.42 Å². The average molecular weight is 540 g/mol. The zero-order chi connectivity index (χ0) is 27.0. The van der Waals surface area contributed by atoms with Crippen molar-refractivity contribution in [2.75, 3.05) is 11.9 Å². The molecule has 2 aromatic carbocycles. The van der Waals surface area contributed by atoms with E-state index >= 15 is 0 Å². The van der Waals surface area contributed by atoms with Gasteiger partial charge >= 0.3 is 0 Å². The first-order valence-electron chi connectivity index (χ1n) is 11.3. The second kappa shape index (κ2) is 17.9. The molecule has 0 aliphatic carbocycles. The zero-order valence-electron chi connectivity index (χ0n) is 21.2. The number of carbonyl (C=O) groups excluding carboxylic acids is 1. The molecule has 0 saturated heterocycles. The lowest BCUT2D eigenvalue weighted by Crippen LogP contribution is -2.25. The summed E-state index contributed by atoms with van der Waals surface area (Å²) in [6.45, 7) is 13.0. The van der Waals surface area contributed by atoms with Gasteiger partial charge in [-0.1, -0.05) is 91.8 Å². The van der Waals surface area contributed by atoms with Crippen molar-refractivity contribution in [3.8, 4) is 12.3 Å². The predicted molar refractivity (Wildman–Crippen MR) is 150 cm³/mol. The third-order valence-corrected chi connectivity index (χ3v) is 5.46. The van der Waals surface area contributed by atoms with Crippen LogP contribution in [0, 0.1) is 25.1 Å². The first-order valence-corrected chi connectivity index (χ1v) is 12.5. The predicted octanol–water partition coefficient (Wildman–Crippen LogP) is 8.90. The molecule has 190 valence electrons. The zero-order valence-corrected chi connectivity index (χ0v) is 23.5. The van der Waals surface area contributed by atoms with E-state index in [9.17, 15) is 9.18 Å². The van der Waals surface area contributed by atoms with Crippen LogP contribution in [0.3, 0.4) is 0 Å². The topological polar surface area (TPSA) is 32.3 Å². The van der Waals surface area contributed by atoms with Gasteiger partial charge in [-0.2, -0.15) is 0 Å². The molecule has 35 heavy (non-hydrogen) atoms. The highest BCUT2D eigenvalue weighted by Crippen LogP contribution is 2.27. The Morgan fingerprint density at radius 1 is 1.20 bits per heavy atom. The van der Waals surface area contributed by atoms with Gasteiger partial charge in [0, 0.05) is 25.7 Å². The van der Waals surface area contributed by atoms with E-state index in [1.807, 2.05) is 39.0 Å². The van der Waals surface area contributed by atoms with Crippen LogP contribution >= 0.6 is 34.8 Å². The first-order chi connectivity index (χ1) is 16.6. The number of anilines is 1. The summed E-state index contributed by atoms with van der Waals surface area (Å²) in [5.74, 6) is 1.79. The number of nitrogens with one attached hydrogen (secondary N) is 1. The number of hydrogen-bond donors (Lipinski definition) is 1. The molecule has 0 radical (unpaired) electrons. The molecule has 0 aliphatic heterocycles. The van der Waals surface area contributed by atoms with E-state index < -0.39 is 5.82 Å². The van der Waals surface area contributed by atoms with Crippen molar-refractivity contribution in [1.82, 2.24) is 4.90 Å². The number of rotatable bonds is 7. The fourth-order valence-corrected chi connectivity index (χ4v) is 3.57. The molecule has 0 saturated carbocycles. The van der Waals surface area contributed by atoms with Crippen molar-refractivity contribution in [3.05, 3.63) is 86.3 Å². The number of halogens is 4. The number of allylic oxidation sites excluding steroid dienone is 3. The van der Waals surface area contributed by atoms with Gasteiger partial charge in [0.15, 0.2) is 0 Å². The molecule has 0 unspecified atom stereocenters. The Morgan fingerprint density at radius 2 is 1.83 bits per heavy atom. The van der Waals surface area contributed by atoms with Gasteiger partial charge in [-0.3, -0.25) is 4.79 Å². The smallest absolute Gasteiger partial charge is 0.221 e. The minimum Gasteiger partial charge on any atom is -0.364 e. The molecule has 0 heterocycles. The summed E-state index contributed by atoms with van der Waals surface area (Å²) in [5, 5.41) is 3.41. The second-order valence-corrected chi connectivity index (χ2v) is 8.29. The number of aryl methyl sites for hydroxylation is 1. The van der Waals surface area contributed by atoms with Crippen LogP contribution in [0.2, 0.25) is 5.02 Å². The summed E-state index contributed by atoms with van der Waals surface area (Å²) < 4.78 is 12.6. The first kappa shape index (κ1) is 32.6. The summed E-state index contributed by atoms with van der Waals surface area (Å²) in [7, 11) is 0. The van der Waals surface area contributed by atoms with Crippen LogP contribution in [0.5, 0.6) is 0 Å². The van der Waals surface area contributed by atoms with Gasteiger partial charge in [0.1, 0.15) is 10.8 Å². The lowest BCUT2D eigenvalue weighted by molar-refractivity contribution is -0.114. The average Bonchev–Trinajstić information content (AvgIpc) is 2.84. The normalized spacial score (nSPS) is 11.1. The van der Waals surface area contributed by atoms with Crippen molar-refractivity contribution in [1.29, 1.82) is 0 Å². The van der Waals surface area contributed by atoms with E-state index in [4.69, 9.17) is 41.2 Å². The van der Waals surface area contributed by atoms with Gasteiger partial charge < -0.3 is 10.2 Å². The molecular formula is C28H34Cl3FN2O. The molecule has 0 aromatic heterocycles. The van der Waals surface area contributed by atoms with Crippen molar-refractivity contribution in [2.24, 2.45) is 0 Å². The fraction of sp³-hybridized carbons (Fsp3) is 0.321. The molecule has 0 fully saturated rings. The van der Waals surface area contributed by atoms with E-state index in [-0.39, 0.29) is 10.9 Å². The van der Waals surface area contributed by atoms with E-state index in [1.54, 1.807) is 0 Å². The molecule has 1 amide bonds. The maximum absolute atomic E-state index is 12.6. The molecular weight excluding hydrogens is 506 g/mol. The van der Waals surface area contributed by atoms with Crippen molar-refractivity contribution in [3.63, 3.8) is 0 Å². The van der Waals surface area contributed by atoms with Gasteiger partial charge in [0.2, 0.25) is 5.91 Å². The van der Waals surface area contributed by atoms with Crippen LogP contribution in [0.1, 0.15) is 52.2 Å². The summed E-state index contributed by atoms with van der Waals surface area (Å²) in [5.41, 5.74) is 3.71. The third kappa shape index (κ3) is 11.7. The molecule has 0 bridgehead atoms. The van der Waals surface area contributed by atoms with Crippen LogP contribution in [0.25, 0.3) is 0 Å². The van der Waals surface area contributed by atoms with Gasteiger partial charge in [0.05, 0.1) is 15.8 Å². The van der Waals surface area contributed by atoms with Gasteiger partial charge in [-0.05, 0) is 49.6 Å². The minimum atomic E-state index is -0.495. The van der Waals surface area contributed by atoms with Crippen molar-refractivity contribution >= 4 is 46.4 Å². The largest absolute Gasteiger partial charge is 0.364 e. The van der Waals surface area contributed by atoms with Gasteiger partial charge in [0.25, 0.3) is 0 Å². The number of nitrogens with zero attached hydrogens (tertiary/aromatic N) is 1. The van der Waals surface area contributed by atoms with E-state index in [0.717, 1.165) is 25.2 Å². The highest BCUT2D eigenvalue weighted by Gasteiger charge is 2.17. The minimum absolute atomic E-state index is 0.00116. The molecule has 2 aromatic rings. The Hall–Kier alpha value is -2.45. The van der Waals surface area contributed by atoms with Crippen LogP contribution in [0.4, 0.5) is 10.1 Å². The fourth-order valence-electron chi connectivity index (χ4n) is 2.91. The maximum Gasteiger partial charge on any atom is 0.221 e. The van der Waals surface area contributed by atoms with Crippen molar-refractivity contribution in [2.45, 2.75) is 54.5 Å². The SMILES string of the molecule is C#C/C(Cl)=C(\C(Cl)=C/C)N(CCC)Cc1ccccc1C.CC.CC(=O)Nc1ccc(F)c(Cl)c1. The van der Waals surface area contributed by atoms with Crippen LogP contribution < -0.4 is 5.32 Å². The Kier molecular flexibility index (Phi) is 16.7. The van der Waals surface area contributed by atoms with E-state index in [2.05, 4.69) is 42.1 Å². The van der Waals surface area contributed by atoms with Crippen LogP contribution in [0.15, 0.2) is 64.3 Å². The quantitative estimate of drug-likeness (QED) is 0.281. The lowest BCUT2D eigenvalue weighted by Gasteiger charge is -2.28. The molecule has 2 rings (SSSR count). The third-order valence-electron chi connectivity index (χ3n) is 4.49. The van der Waals surface area contributed by atoms with Crippen LogP contribution in [-0.2, 0) is 11.3 Å². The molecule has 0 aliphatic rings. The summed E-state index contributed by atoms with van der Waals surface area (Å²) >= 11 is 18.0. The summed E-state index contributed by atoms with van der Waals surface area (Å²) in [4.78, 5) is 12.7. The standard InChI is InChI=1S/C18H21Cl2N.C8H7ClFNO.C2H6/c1-5-12-21(13-15-11-9-8-10-14(15)4)18(16(19)6-2)17(20)7-3;1-5(12)11-6-2-3-8(10)7(9)4-6;1-2/h2,7-11H,5,12-13H2,1,3-4H3;2-4H,1H3,(H,11,12);1-2H3/b17-7+,18-16-;;. The second-order valence-electron chi connectivity index (χ2n) is 7.10. The lowest BCUT2D eigenvalue weighted by atomic mass is 10.1. The highest BCUT2D eigenvalue weighted by atomic mass is 35.5. The Balaban J connectivity index is 0.000000698.